The van der Waals surface area contributed by atoms with E-state index in [1.807, 2.05) is 37.3 Å². The first-order valence-electron chi connectivity index (χ1n) is 10.2. The van der Waals surface area contributed by atoms with E-state index in [1.54, 1.807) is 0 Å². The highest BCUT2D eigenvalue weighted by Crippen LogP contribution is 2.26. The summed E-state index contributed by atoms with van der Waals surface area (Å²) in [6, 6.07) is 7.95. The molecule has 2 heterocycles. The van der Waals surface area contributed by atoms with E-state index in [1.165, 1.54) is 4.90 Å². The molecule has 10 heteroatoms. The Morgan fingerprint density at radius 2 is 1.84 bits per heavy atom. The van der Waals surface area contributed by atoms with Crippen molar-refractivity contribution >= 4 is 23.9 Å². The van der Waals surface area contributed by atoms with Crippen LogP contribution in [0.25, 0.3) is 0 Å². The number of benzene rings is 1. The third-order valence-electron chi connectivity index (χ3n) is 5.34. The van der Waals surface area contributed by atoms with Crippen molar-refractivity contribution in [3.05, 3.63) is 47.3 Å². The van der Waals surface area contributed by atoms with Crippen molar-refractivity contribution in [1.29, 1.82) is 0 Å². The summed E-state index contributed by atoms with van der Waals surface area (Å²) in [5.74, 6) is -2.03. The smallest absolute Gasteiger partial charge is 0.410 e. The second kappa shape index (κ2) is 9.50. The summed E-state index contributed by atoms with van der Waals surface area (Å²) < 4.78 is 5.34. The minimum atomic E-state index is -0.827. The Morgan fingerprint density at radius 1 is 1.13 bits per heavy atom. The first-order valence-corrected chi connectivity index (χ1v) is 10.2. The van der Waals surface area contributed by atoms with Crippen LogP contribution in [0.5, 0.6) is 0 Å². The van der Waals surface area contributed by atoms with E-state index in [-0.39, 0.29) is 19.7 Å². The number of unbranched alkanes of at least 4 members (excludes halogenated alkanes) is 1. The molecule has 2 aliphatic rings. The van der Waals surface area contributed by atoms with Gasteiger partial charge in [-0.3, -0.25) is 19.4 Å². The number of imide groups is 2. The van der Waals surface area contributed by atoms with Crippen molar-refractivity contribution in [3.63, 3.8) is 0 Å². The fraction of sp³-hybridized carbons (Fsp3) is 0.429. The average Bonchev–Trinajstić information content (AvgIpc) is 3.22. The number of amides is 5. The molecule has 2 saturated heterocycles. The molecule has 31 heavy (non-hydrogen) atoms. The zero-order valence-corrected chi connectivity index (χ0v) is 17.5. The molecule has 0 saturated carbocycles. The number of hydrogen-bond acceptors (Lipinski definition) is 7. The Balaban J connectivity index is 1.71. The molecular weight excluding hydrogens is 402 g/mol. The number of nitrogens with zero attached hydrogens (tertiary/aromatic N) is 3. The number of barbiturate groups is 1. The molecule has 1 aromatic rings. The van der Waals surface area contributed by atoms with Crippen LogP contribution in [-0.4, -0.2) is 64.3 Å². The summed E-state index contributed by atoms with van der Waals surface area (Å²) in [6.07, 6.45) is 1.18. The van der Waals surface area contributed by atoms with E-state index in [2.05, 4.69) is 0 Å². The first kappa shape index (κ1) is 22.1. The Hall–Kier alpha value is -3.56. The molecule has 10 nitrogen and oxygen atoms in total. The van der Waals surface area contributed by atoms with Crippen LogP contribution >= 0.6 is 0 Å². The monoisotopic (exact) mass is 429 g/mol. The number of ether oxygens (including phenoxy) is 1. The van der Waals surface area contributed by atoms with Crippen molar-refractivity contribution in [2.75, 3.05) is 19.6 Å². The number of nitrogens with two attached hydrogens (primary N) is 2. The molecule has 0 spiro atoms. The van der Waals surface area contributed by atoms with Gasteiger partial charge in [-0.05, 0) is 18.4 Å². The van der Waals surface area contributed by atoms with Gasteiger partial charge in [-0.25, -0.2) is 9.59 Å². The zero-order valence-electron chi connectivity index (χ0n) is 17.5. The van der Waals surface area contributed by atoms with Gasteiger partial charge in [0, 0.05) is 19.6 Å². The first-order chi connectivity index (χ1) is 14.8. The quantitative estimate of drug-likeness (QED) is 0.510. The molecule has 0 bridgehead atoms. The van der Waals surface area contributed by atoms with Crippen LogP contribution in [0.1, 0.15) is 31.7 Å². The molecule has 2 fully saturated rings. The van der Waals surface area contributed by atoms with Crippen LogP contribution < -0.4 is 11.5 Å². The highest BCUT2D eigenvalue weighted by atomic mass is 16.6. The summed E-state index contributed by atoms with van der Waals surface area (Å²) in [4.78, 5) is 54.3. The number of urea groups is 1. The molecule has 166 valence electrons. The summed E-state index contributed by atoms with van der Waals surface area (Å²) >= 11 is 0. The Morgan fingerprint density at radius 3 is 2.48 bits per heavy atom. The third kappa shape index (κ3) is 4.62. The lowest BCUT2D eigenvalue weighted by Crippen LogP contribution is -2.60. The van der Waals surface area contributed by atoms with Gasteiger partial charge in [0.05, 0.1) is 6.04 Å². The van der Waals surface area contributed by atoms with Gasteiger partial charge in [0.15, 0.2) is 0 Å². The number of rotatable bonds is 6. The predicted octanol–water partition coefficient (Wildman–Crippen LogP) is 1.12. The van der Waals surface area contributed by atoms with Gasteiger partial charge in [-0.15, -0.1) is 0 Å². The molecule has 1 unspecified atom stereocenters. The highest BCUT2D eigenvalue weighted by Gasteiger charge is 2.47. The summed E-state index contributed by atoms with van der Waals surface area (Å²) in [5, 5.41) is 0. The number of carbonyl (C=O) groups excluding carboxylic acids is 4. The van der Waals surface area contributed by atoms with Crippen LogP contribution in [0.4, 0.5) is 9.59 Å². The average molecular weight is 429 g/mol. The fourth-order valence-corrected chi connectivity index (χ4v) is 3.66. The van der Waals surface area contributed by atoms with Crippen molar-refractivity contribution in [1.82, 2.24) is 14.7 Å². The Kier molecular flexibility index (Phi) is 6.78. The van der Waals surface area contributed by atoms with Gasteiger partial charge in [0.2, 0.25) is 0 Å². The Labute approximate surface area is 180 Å². The number of likely N-dealkylation sites (tertiary alicyclic amines) is 1. The number of hydrogen-bond donors (Lipinski definition) is 2. The van der Waals surface area contributed by atoms with Crippen molar-refractivity contribution in [2.24, 2.45) is 11.5 Å². The minimum Gasteiger partial charge on any atom is -0.445 e. The summed E-state index contributed by atoms with van der Waals surface area (Å²) in [5.41, 5.74) is 11.6. The molecule has 4 N–H and O–H groups in total. The van der Waals surface area contributed by atoms with Crippen molar-refractivity contribution in [3.8, 4) is 0 Å². The SMILES string of the molecule is CCCCN1C(=O)C(=C(N)N)C(=O)N(C2CCN(C(=O)OCc3ccccc3)C2)C1=O. The summed E-state index contributed by atoms with van der Waals surface area (Å²) in [7, 11) is 0. The van der Waals surface area contributed by atoms with Gasteiger partial charge in [-0.1, -0.05) is 43.7 Å². The minimum absolute atomic E-state index is 0.110. The van der Waals surface area contributed by atoms with Gasteiger partial charge < -0.3 is 21.1 Å². The molecule has 0 aromatic heterocycles. The van der Waals surface area contributed by atoms with Crippen molar-refractivity contribution in [2.45, 2.75) is 38.8 Å². The molecule has 0 radical (unpaired) electrons. The highest BCUT2D eigenvalue weighted by molar-refractivity contribution is 6.29. The fourth-order valence-electron chi connectivity index (χ4n) is 3.66. The largest absolute Gasteiger partial charge is 0.445 e. The molecule has 1 atom stereocenters. The maximum absolute atomic E-state index is 13.0. The standard InChI is InChI=1S/C21H27N5O5/c1-2-3-10-25-18(27)16(17(22)23)19(28)26(20(25)29)15-9-11-24(12-15)21(30)31-13-14-7-5-4-6-8-14/h4-8,15H,2-3,9-13,22-23H2,1H3. The van der Waals surface area contributed by atoms with Crippen molar-refractivity contribution < 1.29 is 23.9 Å². The van der Waals surface area contributed by atoms with E-state index in [0.717, 1.165) is 21.8 Å². The maximum atomic E-state index is 13.0. The van der Waals surface area contributed by atoms with E-state index < -0.39 is 41.4 Å². The molecule has 2 aliphatic heterocycles. The third-order valence-corrected chi connectivity index (χ3v) is 5.34. The van der Waals surface area contributed by atoms with Crippen LogP contribution in [0, 0.1) is 0 Å². The van der Waals surface area contributed by atoms with Gasteiger partial charge in [0.25, 0.3) is 11.8 Å². The summed E-state index contributed by atoms with van der Waals surface area (Å²) in [6.45, 7) is 2.63. The molecule has 5 amide bonds. The van der Waals surface area contributed by atoms with E-state index >= 15 is 0 Å². The normalized spacial score (nSPS) is 19.3. The van der Waals surface area contributed by atoms with Gasteiger partial charge in [-0.2, -0.15) is 0 Å². The second-order valence-corrected chi connectivity index (χ2v) is 7.53. The maximum Gasteiger partial charge on any atom is 0.410 e. The lowest BCUT2D eigenvalue weighted by Gasteiger charge is -2.37. The van der Waals surface area contributed by atoms with Crippen LogP contribution in [-0.2, 0) is 20.9 Å². The molecule has 1 aromatic carbocycles. The molecule has 3 rings (SSSR count). The van der Waals surface area contributed by atoms with E-state index in [4.69, 9.17) is 16.2 Å². The van der Waals surface area contributed by atoms with E-state index in [0.29, 0.717) is 19.4 Å². The molecule has 0 aliphatic carbocycles. The lowest BCUT2D eigenvalue weighted by molar-refractivity contribution is -0.137. The van der Waals surface area contributed by atoms with Crippen LogP contribution in [0.2, 0.25) is 0 Å². The lowest BCUT2D eigenvalue weighted by atomic mass is 10.1. The van der Waals surface area contributed by atoms with Crippen LogP contribution in [0.3, 0.4) is 0 Å². The molecular formula is C21H27N5O5. The van der Waals surface area contributed by atoms with Crippen LogP contribution in [0.15, 0.2) is 41.7 Å². The second-order valence-electron chi connectivity index (χ2n) is 7.53. The van der Waals surface area contributed by atoms with Gasteiger partial charge >= 0.3 is 12.1 Å². The Bertz CT molecular complexity index is 897. The zero-order chi connectivity index (χ0) is 22.5. The predicted molar refractivity (Wildman–Crippen MR) is 111 cm³/mol. The van der Waals surface area contributed by atoms with Gasteiger partial charge in [0.1, 0.15) is 18.0 Å². The number of carbonyl (C=O) groups is 4. The van der Waals surface area contributed by atoms with E-state index in [9.17, 15) is 19.2 Å². The topological polar surface area (TPSA) is 139 Å².